The summed E-state index contributed by atoms with van der Waals surface area (Å²) < 4.78 is 32.4. The third-order valence-corrected chi connectivity index (χ3v) is 6.18. The first-order valence-electron chi connectivity index (χ1n) is 7.86. The van der Waals surface area contributed by atoms with E-state index in [1.165, 1.54) is 24.3 Å². The predicted octanol–water partition coefficient (Wildman–Crippen LogP) is 4.42. The Morgan fingerprint density at radius 3 is 2.59 bits per heavy atom. The van der Waals surface area contributed by atoms with Crippen LogP contribution in [-0.4, -0.2) is 29.4 Å². The smallest absolute Gasteiger partial charge is 0.245 e. The molecule has 27 heavy (non-hydrogen) atoms. The van der Waals surface area contributed by atoms with Crippen LogP contribution in [0.15, 0.2) is 70.6 Å². The summed E-state index contributed by atoms with van der Waals surface area (Å²) in [7, 11) is -3.95. The zero-order valence-electron chi connectivity index (χ0n) is 14.0. The van der Waals surface area contributed by atoms with E-state index < -0.39 is 10.0 Å². The fourth-order valence-corrected chi connectivity index (χ4v) is 4.48. The fourth-order valence-electron chi connectivity index (χ4n) is 2.38. The van der Waals surface area contributed by atoms with Gasteiger partial charge in [-0.1, -0.05) is 64.8 Å². The van der Waals surface area contributed by atoms with E-state index in [4.69, 9.17) is 27.7 Å². The molecule has 140 valence electrons. The van der Waals surface area contributed by atoms with Gasteiger partial charge in [0, 0.05) is 17.1 Å². The molecule has 1 aromatic heterocycles. The van der Waals surface area contributed by atoms with Crippen LogP contribution in [0.2, 0.25) is 10.0 Å². The van der Waals surface area contributed by atoms with Crippen molar-refractivity contribution >= 4 is 33.2 Å². The van der Waals surface area contributed by atoms with Gasteiger partial charge < -0.3 is 4.52 Å². The van der Waals surface area contributed by atoms with E-state index in [0.717, 1.165) is 9.87 Å². The molecule has 0 unspecified atom stereocenters. The average molecular weight is 424 g/mol. The van der Waals surface area contributed by atoms with Gasteiger partial charge >= 0.3 is 0 Å². The molecule has 3 aromatic rings. The summed E-state index contributed by atoms with van der Waals surface area (Å²) in [5.74, 6) is 0.528. The van der Waals surface area contributed by atoms with Gasteiger partial charge in [0.15, 0.2) is 0 Å². The molecule has 0 radical (unpaired) electrons. The van der Waals surface area contributed by atoms with Crippen molar-refractivity contribution < 1.29 is 12.9 Å². The second-order valence-corrected chi connectivity index (χ2v) is 8.29. The van der Waals surface area contributed by atoms with Gasteiger partial charge in [0.1, 0.15) is 4.90 Å². The van der Waals surface area contributed by atoms with Crippen LogP contribution in [0.5, 0.6) is 0 Å². The molecule has 2 aromatic carbocycles. The van der Waals surface area contributed by atoms with Crippen molar-refractivity contribution in [1.29, 1.82) is 0 Å². The molecule has 6 nitrogen and oxygen atoms in total. The van der Waals surface area contributed by atoms with Crippen molar-refractivity contribution in [2.24, 2.45) is 0 Å². The Kier molecular flexibility index (Phi) is 5.96. The maximum Gasteiger partial charge on any atom is 0.245 e. The number of benzene rings is 2. The van der Waals surface area contributed by atoms with Gasteiger partial charge in [0.05, 0.1) is 11.6 Å². The highest BCUT2D eigenvalue weighted by Gasteiger charge is 2.28. The van der Waals surface area contributed by atoms with Crippen LogP contribution in [-0.2, 0) is 16.6 Å². The molecule has 3 rings (SSSR count). The van der Waals surface area contributed by atoms with Crippen molar-refractivity contribution in [3.05, 3.63) is 77.1 Å². The monoisotopic (exact) mass is 423 g/mol. The van der Waals surface area contributed by atoms with Crippen LogP contribution in [0.25, 0.3) is 11.4 Å². The van der Waals surface area contributed by atoms with E-state index in [1.807, 2.05) is 30.3 Å². The lowest BCUT2D eigenvalue weighted by molar-refractivity contribution is 0.327. The van der Waals surface area contributed by atoms with Crippen molar-refractivity contribution in [2.75, 3.05) is 6.54 Å². The van der Waals surface area contributed by atoms with Crippen molar-refractivity contribution in [3.8, 4) is 11.4 Å². The Hall–Kier alpha value is -2.19. The largest absolute Gasteiger partial charge is 0.338 e. The molecule has 0 aliphatic rings. The average Bonchev–Trinajstić information content (AvgIpc) is 3.13. The summed E-state index contributed by atoms with van der Waals surface area (Å²) in [6.45, 7) is 3.52. The Labute approximate surface area is 167 Å². The zero-order chi connectivity index (χ0) is 19.4. The topological polar surface area (TPSA) is 76.3 Å². The summed E-state index contributed by atoms with van der Waals surface area (Å²) in [4.78, 5) is 4.18. The van der Waals surface area contributed by atoms with Gasteiger partial charge in [-0.2, -0.15) is 9.29 Å². The van der Waals surface area contributed by atoms with E-state index in [2.05, 4.69) is 16.7 Å². The molecule has 0 amide bonds. The first kappa shape index (κ1) is 19.6. The number of sulfonamides is 1. The summed E-state index contributed by atoms with van der Waals surface area (Å²) in [6.07, 6.45) is 1.46. The van der Waals surface area contributed by atoms with Crippen LogP contribution in [0.4, 0.5) is 0 Å². The molecule has 1 heterocycles. The van der Waals surface area contributed by atoms with Crippen LogP contribution in [0, 0.1) is 0 Å². The van der Waals surface area contributed by atoms with Crippen LogP contribution >= 0.6 is 23.2 Å². The second-order valence-electron chi connectivity index (χ2n) is 5.54. The number of hydrogen-bond acceptors (Lipinski definition) is 5. The van der Waals surface area contributed by atoms with Gasteiger partial charge in [0.25, 0.3) is 0 Å². The molecule has 0 N–H and O–H groups in total. The minimum atomic E-state index is -3.95. The molecule has 0 atom stereocenters. The van der Waals surface area contributed by atoms with Crippen molar-refractivity contribution in [2.45, 2.75) is 11.4 Å². The fraction of sp³-hybridized carbons (Fsp3) is 0.111. The lowest BCUT2D eigenvalue weighted by Crippen LogP contribution is -2.31. The molecule has 9 heteroatoms. The minimum absolute atomic E-state index is 0.0359. The maximum atomic E-state index is 13.0. The van der Waals surface area contributed by atoms with Crippen LogP contribution in [0.3, 0.4) is 0 Å². The molecule has 0 fully saturated rings. The minimum Gasteiger partial charge on any atom is -0.338 e. The number of rotatable bonds is 7. The molecule has 0 saturated carbocycles. The first-order valence-corrected chi connectivity index (χ1v) is 10.1. The second kappa shape index (κ2) is 8.22. The molecular formula is C18H15Cl2N3O3S. The number of hydrogen-bond donors (Lipinski definition) is 0. The van der Waals surface area contributed by atoms with E-state index in [1.54, 1.807) is 0 Å². The first-order chi connectivity index (χ1) is 12.9. The molecule has 0 spiro atoms. The van der Waals surface area contributed by atoms with Gasteiger partial charge in [-0.15, -0.1) is 6.58 Å². The lowest BCUT2D eigenvalue weighted by atomic mass is 10.2. The van der Waals surface area contributed by atoms with Crippen molar-refractivity contribution in [3.63, 3.8) is 0 Å². The highest BCUT2D eigenvalue weighted by atomic mass is 35.5. The summed E-state index contributed by atoms with van der Waals surface area (Å²) >= 11 is 12.0. The highest BCUT2D eigenvalue weighted by molar-refractivity contribution is 7.89. The molecule has 0 bridgehead atoms. The molecule has 0 aliphatic heterocycles. The summed E-state index contributed by atoms with van der Waals surface area (Å²) in [6, 6.07) is 13.5. The van der Waals surface area contributed by atoms with Crippen LogP contribution < -0.4 is 0 Å². The van der Waals surface area contributed by atoms with Gasteiger partial charge in [-0.25, -0.2) is 8.42 Å². The summed E-state index contributed by atoms with van der Waals surface area (Å²) in [5, 5.41) is 4.24. The quantitative estimate of drug-likeness (QED) is 0.525. The predicted molar refractivity (Wildman–Crippen MR) is 104 cm³/mol. The lowest BCUT2D eigenvalue weighted by Gasteiger charge is -2.19. The van der Waals surface area contributed by atoms with Crippen LogP contribution in [0.1, 0.15) is 5.89 Å². The Morgan fingerprint density at radius 2 is 1.89 bits per heavy atom. The molecule has 0 aliphatic carbocycles. The van der Waals surface area contributed by atoms with E-state index in [0.29, 0.717) is 5.82 Å². The maximum absolute atomic E-state index is 13.0. The zero-order valence-corrected chi connectivity index (χ0v) is 16.4. The highest BCUT2D eigenvalue weighted by Crippen LogP contribution is 2.28. The number of aromatic nitrogens is 2. The standard InChI is InChI=1S/C18H15Cl2N3O3S/c1-2-10-23(27(24,25)16-11-14(19)8-9-15(16)20)12-17-21-18(22-26-17)13-6-4-3-5-7-13/h2-9,11H,1,10,12H2. The van der Waals surface area contributed by atoms with Gasteiger partial charge in [-0.05, 0) is 18.2 Å². The Morgan fingerprint density at radius 1 is 1.15 bits per heavy atom. The van der Waals surface area contributed by atoms with Gasteiger partial charge in [0.2, 0.25) is 21.7 Å². The van der Waals surface area contributed by atoms with E-state index >= 15 is 0 Å². The normalized spacial score (nSPS) is 11.7. The Balaban J connectivity index is 1.91. The number of halogens is 2. The third kappa shape index (κ3) is 4.39. The number of nitrogens with zero attached hydrogens (tertiary/aromatic N) is 3. The van der Waals surface area contributed by atoms with E-state index in [-0.39, 0.29) is 33.9 Å². The molecule has 0 saturated heterocycles. The SMILES string of the molecule is C=CCN(Cc1nc(-c2ccccc2)no1)S(=O)(=O)c1cc(Cl)ccc1Cl. The Bertz CT molecular complexity index is 1050. The van der Waals surface area contributed by atoms with E-state index in [9.17, 15) is 8.42 Å². The van der Waals surface area contributed by atoms with Crippen molar-refractivity contribution in [1.82, 2.24) is 14.4 Å². The summed E-state index contributed by atoms with van der Waals surface area (Å²) in [5.41, 5.74) is 0.767. The molecular weight excluding hydrogens is 409 g/mol. The third-order valence-electron chi connectivity index (χ3n) is 3.66. The van der Waals surface area contributed by atoms with Gasteiger partial charge in [-0.3, -0.25) is 0 Å².